The highest BCUT2D eigenvalue weighted by Gasteiger charge is 2.42. The molecule has 3 fully saturated rings. The van der Waals surface area contributed by atoms with Crippen LogP contribution in [-0.2, 0) is 0 Å². The number of piperazine rings is 1. The van der Waals surface area contributed by atoms with Crippen molar-refractivity contribution in [2.24, 2.45) is 11.8 Å². The van der Waals surface area contributed by atoms with E-state index in [0.29, 0.717) is 0 Å². The lowest BCUT2D eigenvalue weighted by molar-refractivity contribution is 0.0496. The van der Waals surface area contributed by atoms with Crippen molar-refractivity contribution in [2.75, 3.05) is 26.2 Å². The van der Waals surface area contributed by atoms with Crippen molar-refractivity contribution in [1.29, 1.82) is 0 Å². The molecule has 21 heavy (non-hydrogen) atoms. The van der Waals surface area contributed by atoms with Gasteiger partial charge in [0, 0.05) is 50.2 Å². The number of nitrogens with zero attached hydrogens (tertiary/aromatic N) is 3. The van der Waals surface area contributed by atoms with Crippen LogP contribution >= 0.6 is 0 Å². The molecule has 0 N–H and O–H groups in total. The molecule has 4 heteroatoms. The molecular formula is C17H23N3O. The van der Waals surface area contributed by atoms with Crippen LogP contribution in [0, 0.1) is 11.8 Å². The molecule has 1 aromatic heterocycles. The smallest absolute Gasteiger partial charge is 0.254 e. The summed E-state index contributed by atoms with van der Waals surface area (Å²) in [5.74, 6) is 2.10. The molecule has 2 aliphatic carbocycles. The van der Waals surface area contributed by atoms with Crippen LogP contribution in [0.3, 0.4) is 0 Å². The minimum Gasteiger partial charge on any atom is -0.336 e. The molecule has 4 rings (SSSR count). The number of hydrogen-bond donors (Lipinski definition) is 0. The van der Waals surface area contributed by atoms with Gasteiger partial charge in [0.25, 0.3) is 5.91 Å². The minimum absolute atomic E-state index is 0.157. The van der Waals surface area contributed by atoms with Gasteiger partial charge < -0.3 is 4.90 Å². The normalized spacial score (nSPS) is 32.6. The van der Waals surface area contributed by atoms with Gasteiger partial charge in [-0.3, -0.25) is 14.7 Å². The maximum absolute atomic E-state index is 12.4. The third-order valence-corrected chi connectivity index (χ3v) is 5.70. The predicted molar refractivity (Wildman–Crippen MR) is 80.9 cm³/mol. The summed E-state index contributed by atoms with van der Waals surface area (Å²) in [4.78, 5) is 21.1. The molecule has 1 amide bonds. The van der Waals surface area contributed by atoms with E-state index in [2.05, 4.69) is 9.88 Å². The van der Waals surface area contributed by atoms with Crippen LogP contribution in [0.5, 0.6) is 0 Å². The van der Waals surface area contributed by atoms with E-state index in [1.54, 1.807) is 12.4 Å². The van der Waals surface area contributed by atoms with Gasteiger partial charge in [-0.15, -0.1) is 0 Å². The summed E-state index contributed by atoms with van der Waals surface area (Å²) in [6.45, 7) is 3.83. The van der Waals surface area contributed by atoms with Crippen LogP contribution in [-0.4, -0.2) is 52.9 Å². The Balaban J connectivity index is 1.36. The van der Waals surface area contributed by atoms with Gasteiger partial charge in [0.05, 0.1) is 0 Å². The number of fused-ring (bicyclic) bond motifs is 2. The quantitative estimate of drug-likeness (QED) is 0.834. The lowest BCUT2D eigenvalue weighted by Gasteiger charge is -2.41. The summed E-state index contributed by atoms with van der Waals surface area (Å²) >= 11 is 0. The van der Waals surface area contributed by atoms with Crippen molar-refractivity contribution in [3.05, 3.63) is 30.1 Å². The van der Waals surface area contributed by atoms with Gasteiger partial charge >= 0.3 is 0 Å². The highest BCUT2D eigenvalue weighted by Crippen LogP contribution is 2.46. The Morgan fingerprint density at radius 2 is 1.81 bits per heavy atom. The second-order valence-electron chi connectivity index (χ2n) is 6.81. The summed E-state index contributed by atoms with van der Waals surface area (Å²) in [6.07, 6.45) is 9.15. The number of hydrogen-bond acceptors (Lipinski definition) is 3. The first-order valence-electron chi connectivity index (χ1n) is 8.24. The van der Waals surface area contributed by atoms with E-state index < -0.39 is 0 Å². The molecule has 3 atom stereocenters. The van der Waals surface area contributed by atoms with Crippen molar-refractivity contribution < 1.29 is 4.79 Å². The Labute approximate surface area is 126 Å². The first-order chi connectivity index (χ1) is 10.3. The first-order valence-corrected chi connectivity index (χ1v) is 8.24. The molecule has 0 spiro atoms. The van der Waals surface area contributed by atoms with Gasteiger partial charge in [-0.05, 0) is 43.2 Å². The SMILES string of the molecule is O=C(c1ccncc1)N1CCN([C@@H]2C[C@H]3CC[C@H]2C3)CC1. The Morgan fingerprint density at radius 1 is 1.05 bits per heavy atom. The monoisotopic (exact) mass is 285 g/mol. The molecule has 2 saturated carbocycles. The van der Waals surface area contributed by atoms with Crippen LogP contribution in [0.25, 0.3) is 0 Å². The van der Waals surface area contributed by atoms with E-state index in [1.165, 1.54) is 25.7 Å². The molecule has 4 nitrogen and oxygen atoms in total. The molecule has 2 bridgehead atoms. The van der Waals surface area contributed by atoms with Gasteiger partial charge in [-0.1, -0.05) is 6.42 Å². The standard InChI is InChI=1S/C17H23N3O/c21-17(14-3-5-18-6-4-14)20-9-7-19(8-10-20)16-12-13-1-2-15(16)11-13/h3-6,13,15-16H,1-2,7-12H2/t13-,15-,16+/m0/s1. The Hall–Kier alpha value is -1.42. The average molecular weight is 285 g/mol. The van der Waals surface area contributed by atoms with Crippen molar-refractivity contribution in [3.63, 3.8) is 0 Å². The summed E-state index contributed by atoms with van der Waals surface area (Å²) in [5, 5.41) is 0. The summed E-state index contributed by atoms with van der Waals surface area (Å²) in [6, 6.07) is 4.43. The van der Waals surface area contributed by atoms with Crippen LogP contribution < -0.4 is 0 Å². The highest BCUT2D eigenvalue weighted by atomic mass is 16.2. The fourth-order valence-electron chi connectivity index (χ4n) is 4.59. The predicted octanol–water partition coefficient (Wildman–Crippen LogP) is 2.03. The Morgan fingerprint density at radius 3 is 2.43 bits per heavy atom. The van der Waals surface area contributed by atoms with Gasteiger partial charge in [-0.2, -0.15) is 0 Å². The fourth-order valence-corrected chi connectivity index (χ4v) is 4.59. The van der Waals surface area contributed by atoms with Crippen LogP contribution in [0.4, 0.5) is 0 Å². The van der Waals surface area contributed by atoms with Crippen LogP contribution in [0.1, 0.15) is 36.0 Å². The number of rotatable bonds is 2. The lowest BCUT2D eigenvalue weighted by atomic mass is 9.93. The molecular weight excluding hydrogens is 262 g/mol. The maximum Gasteiger partial charge on any atom is 0.254 e. The molecule has 1 saturated heterocycles. The Bertz CT molecular complexity index is 510. The van der Waals surface area contributed by atoms with Crippen molar-refractivity contribution >= 4 is 5.91 Å². The zero-order chi connectivity index (χ0) is 14.2. The molecule has 0 aromatic carbocycles. The second kappa shape index (κ2) is 5.41. The Kier molecular flexibility index (Phi) is 3.42. The van der Waals surface area contributed by atoms with E-state index >= 15 is 0 Å². The third-order valence-electron chi connectivity index (χ3n) is 5.70. The van der Waals surface area contributed by atoms with Gasteiger partial charge in [-0.25, -0.2) is 0 Å². The van der Waals surface area contributed by atoms with Crippen molar-refractivity contribution in [2.45, 2.75) is 31.7 Å². The van der Waals surface area contributed by atoms with E-state index in [4.69, 9.17) is 0 Å². The summed E-state index contributed by atoms with van der Waals surface area (Å²) in [7, 11) is 0. The van der Waals surface area contributed by atoms with Crippen molar-refractivity contribution in [1.82, 2.24) is 14.8 Å². The second-order valence-corrected chi connectivity index (χ2v) is 6.81. The van der Waals surface area contributed by atoms with Crippen LogP contribution in [0.15, 0.2) is 24.5 Å². The molecule has 0 unspecified atom stereocenters. The third kappa shape index (κ3) is 2.46. The zero-order valence-electron chi connectivity index (χ0n) is 12.4. The van der Waals surface area contributed by atoms with E-state index in [9.17, 15) is 4.79 Å². The van der Waals surface area contributed by atoms with Gasteiger partial charge in [0.2, 0.25) is 0 Å². The van der Waals surface area contributed by atoms with Crippen molar-refractivity contribution in [3.8, 4) is 0 Å². The number of pyridine rings is 1. The highest BCUT2D eigenvalue weighted by molar-refractivity contribution is 5.94. The van der Waals surface area contributed by atoms with E-state index in [0.717, 1.165) is 49.6 Å². The number of aromatic nitrogens is 1. The topological polar surface area (TPSA) is 36.4 Å². The van der Waals surface area contributed by atoms with Gasteiger partial charge in [0.15, 0.2) is 0 Å². The molecule has 3 aliphatic rings. The van der Waals surface area contributed by atoms with E-state index in [-0.39, 0.29) is 5.91 Å². The number of amides is 1. The molecule has 1 aromatic rings. The van der Waals surface area contributed by atoms with E-state index in [1.807, 2.05) is 17.0 Å². The number of carbonyl (C=O) groups is 1. The molecule has 1 aliphatic heterocycles. The fraction of sp³-hybridized carbons (Fsp3) is 0.647. The summed E-state index contributed by atoms with van der Waals surface area (Å²) < 4.78 is 0. The molecule has 2 heterocycles. The molecule has 112 valence electrons. The summed E-state index contributed by atoms with van der Waals surface area (Å²) in [5.41, 5.74) is 0.762. The largest absolute Gasteiger partial charge is 0.336 e. The lowest BCUT2D eigenvalue weighted by Crippen LogP contribution is -2.53. The first kappa shape index (κ1) is 13.3. The minimum atomic E-state index is 0.157. The molecule has 0 radical (unpaired) electrons. The maximum atomic E-state index is 12.4. The number of carbonyl (C=O) groups excluding carboxylic acids is 1. The zero-order valence-corrected chi connectivity index (χ0v) is 12.4. The van der Waals surface area contributed by atoms with Crippen LogP contribution in [0.2, 0.25) is 0 Å². The van der Waals surface area contributed by atoms with Gasteiger partial charge in [0.1, 0.15) is 0 Å². The average Bonchev–Trinajstić information content (AvgIpc) is 3.18.